The van der Waals surface area contributed by atoms with Crippen molar-refractivity contribution >= 4 is 0 Å². The summed E-state index contributed by atoms with van der Waals surface area (Å²) in [5.41, 5.74) is 1.12. The summed E-state index contributed by atoms with van der Waals surface area (Å²) in [7, 11) is 0. The van der Waals surface area contributed by atoms with E-state index in [2.05, 4.69) is 13.8 Å². The molecule has 0 N–H and O–H groups in total. The van der Waals surface area contributed by atoms with E-state index in [1.54, 1.807) is 6.92 Å². The molecule has 4 saturated carbocycles. The van der Waals surface area contributed by atoms with Gasteiger partial charge in [-0.25, -0.2) is 4.39 Å². The summed E-state index contributed by atoms with van der Waals surface area (Å²) in [5.74, 6) is 2.79. The SMILES string of the molecule is CC(F)C[C@]12C(C)C3C1C32C. The van der Waals surface area contributed by atoms with Crippen LogP contribution in [0.15, 0.2) is 0 Å². The standard InChI is InChI=1S/C10H15F/c1-5(11)4-10-6(2)7-8(10)9(7,10)3/h5-8H,4H2,1-3H3/t5?,6?,7?,8?,9?,10-/m0/s1. The molecule has 4 aliphatic rings. The van der Waals surface area contributed by atoms with Crippen LogP contribution in [0.4, 0.5) is 4.39 Å². The minimum atomic E-state index is -0.581. The molecule has 6 atom stereocenters. The second-order valence-electron chi connectivity index (χ2n) is 5.10. The van der Waals surface area contributed by atoms with Crippen molar-refractivity contribution in [3.8, 4) is 0 Å². The molecule has 1 heteroatoms. The lowest BCUT2D eigenvalue weighted by Gasteiger charge is -2.51. The molecule has 4 rings (SSSR count). The van der Waals surface area contributed by atoms with Gasteiger partial charge in [0.05, 0.1) is 6.17 Å². The van der Waals surface area contributed by atoms with Gasteiger partial charge >= 0.3 is 0 Å². The predicted octanol–water partition coefficient (Wildman–Crippen LogP) is 2.64. The second kappa shape index (κ2) is 1.27. The molecule has 0 aliphatic heterocycles. The lowest BCUT2D eigenvalue weighted by Crippen LogP contribution is -2.47. The number of halogens is 1. The summed E-state index contributed by atoms with van der Waals surface area (Å²) in [4.78, 5) is 0. The Morgan fingerprint density at radius 1 is 1.55 bits per heavy atom. The van der Waals surface area contributed by atoms with Crippen molar-refractivity contribution in [2.24, 2.45) is 28.6 Å². The van der Waals surface area contributed by atoms with Gasteiger partial charge in [0.2, 0.25) is 0 Å². The molecule has 62 valence electrons. The van der Waals surface area contributed by atoms with Crippen LogP contribution in [-0.2, 0) is 0 Å². The molecule has 0 radical (unpaired) electrons. The fraction of sp³-hybridized carbons (Fsp3) is 1.00. The van der Waals surface area contributed by atoms with Crippen molar-refractivity contribution in [3.63, 3.8) is 0 Å². The highest BCUT2D eigenvalue weighted by molar-refractivity contribution is 5.50. The normalized spacial score (nSPS) is 71.5. The maximum atomic E-state index is 12.8. The van der Waals surface area contributed by atoms with E-state index in [4.69, 9.17) is 0 Å². The molecule has 2 bridgehead atoms. The largest absolute Gasteiger partial charge is 0.248 e. The Balaban J connectivity index is 1.79. The van der Waals surface area contributed by atoms with E-state index in [-0.39, 0.29) is 0 Å². The summed E-state index contributed by atoms with van der Waals surface area (Å²) in [6.07, 6.45) is 0.259. The first-order chi connectivity index (χ1) is 5.07. The van der Waals surface area contributed by atoms with Gasteiger partial charge < -0.3 is 0 Å². The maximum Gasteiger partial charge on any atom is 0.0979 e. The summed E-state index contributed by atoms with van der Waals surface area (Å²) in [6.45, 7) is 6.36. The molecular formula is C10H15F. The van der Waals surface area contributed by atoms with Crippen LogP contribution >= 0.6 is 0 Å². The summed E-state index contributed by atoms with van der Waals surface area (Å²) in [6, 6.07) is 0. The first-order valence-corrected chi connectivity index (χ1v) is 4.71. The van der Waals surface area contributed by atoms with Crippen LogP contribution in [0.25, 0.3) is 0 Å². The van der Waals surface area contributed by atoms with Crippen LogP contribution in [0.1, 0.15) is 27.2 Å². The molecule has 0 nitrogen and oxygen atoms in total. The zero-order valence-electron chi connectivity index (χ0n) is 7.39. The number of rotatable bonds is 2. The Bertz CT molecular complexity index is 227. The zero-order valence-corrected chi connectivity index (χ0v) is 7.39. The molecule has 0 saturated heterocycles. The fourth-order valence-corrected chi connectivity index (χ4v) is 4.55. The van der Waals surface area contributed by atoms with Gasteiger partial charge in [-0.3, -0.25) is 0 Å². The topological polar surface area (TPSA) is 0 Å². The van der Waals surface area contributed by atoms with Gasteiger partial charge in [0.15, 0.2) is 0 Å². The van der Waals surface area contributed by atoms with Gasteiger partial charge in [-0.2, -0.15) is 0 Å². The molecule has 5 unspecified atom stereocenters. The fourth-order valence-electron chi connectivity index (χ4n) is 4.55. The second-order valence-corrected chi connectivity index (χ2v) is 5.10. The Hall–Kier alpha value is -0.0700. The van der Waals surface area contributed by atoms with Gasteiger partial charge in [-0.1, -0.05) is 13.8 Å². The van der Waals surface area contributed by atoms with E-state index in [1.807, 2.05) is 0 Å². The van der Waals surface area contributed by atoms with Crippen LogP contribution in [0.5, 0.6) is 0 Å². The quantitative estimate of drug-likeness (QED) is 0.573. The summed E-state index contributed by atoms with van der Waals surface area (Å²) < 4.78 is 12.8. The van der Waals surface area contributed by atoms with Crippen LogP contribution in [-0.4, -0.2) is 6.17 Å². The van der Waals surface area contributed by atoms with Crippen LogP contribution < -0.4 is 0 Å². The summed E-state index contributed by atoms with van der Waals surface area (Å²) in [5, 5.41) is 0. The van der Waals surface area contributed by atoms with E-state index in [0.29, 0.717) is 10.8 Å². The van der Waals surface area contributed by atoms with Crippen LogP contribution in [0.2, 0.25) is 0 Å². The van der Waals surface area contributed by atoms with Crippen LogP contribution in [0.3, 0.4) is 0 Å². The highest BCUT2D eigenvalue weighted by Crippen LogP contribution is 3.07. The van der Waals surface area contributed by atoms with E-state index >= 15 is 0 Å². The first kappa shape index (κ1) is 6.45. The number of hydrogen-bond acceptors (Lipinski definition) is 0. The Morgan fingerprint density at radius 3 is 2.27 bits per heavy atom. The van der Waals surface area contributed by atoms with Gasteiger partial charge in [-0.05, 0) is 41.9 Å². The molecule has 0 aromatic rings. The van der Waals surface area contributed by atoms with Gasteiger partial charge in [-0.15, -0.1) is 0 Å². The Labute approximate surface area is 67.2 Å². The van der Waals surface area contributed by atoms with Crippen molar-refractivity contribution in [1.29, 1.82) is 0 Å². The lowest BCUT2D eigenvalue weighted by molar-refractivity contribution is -0.0468. The van der Waals surface area contributed by atoms with Crippen LogP contribution in [0, 0.1) is 28.6 Å². The number of alkyl halides is 1. The minimum absolute atomic E-state index is 0.492. The van der Waals surface area contributed by atoms with Crippen molar-refractivity contribution in [3.05, 3.63) is 0 Å². The van der Waals surface area contributed by atoms with Crippen molar-refractivity contribution in [2.45, 2.75) is 33.4 Å². The van der Waals surface area contributed by atoms with E-state index in [9.17, 15) is 4.39 Å². The third-order valence-corrected chi connectivity index (χ3v) is 5.03. The molecule has 0 spiro atoms. The summed E-state index contributed by atoms with van der Waals surface area (Å²) >= 11 is 0. The predicted molar refractivity (Wildman–Crippen MR) is 41.9 cm³/mol. The molecule has 0 heterocycles. The monoisotopic (exact) mass is 154 g/mol. The third-order valence-electron chi connectivity index (χ3n) is 5.03. The highest BCUT2D eigenvalue weighted by atomic mass is 19.1. The van der Waals surface area contributed by atoms with Crippen molar-refractivity contribution in [2.75, 3.05) is 0 Å². The van der Waals surface area contributed by atoms with E-state index in [1.165, 1.54) is 0 Å². The Kier molecular flexibility index (Phi) is 0.747. The van der Waals surface area contributed by atoms with Gasteiger partial charge in [0.25, 0.3) is 0 Å². The first-order valence-electron chi connectivity index (χ1n) is 4.71. The third kappa shape index (κ3) is 0.355. The minimum Gasteiger partial charge on any atom is -0.248 e. The van der Waals surface area contributed by atoms with Crippen molar-refractivity contribution in [1.82, 2.24) is 0 Å². The smallest absolute Gasteiger partial charge is 0.0979 e. The average Bonchev–Trinajstić information content (AvgIpc) is 2.66. The van der Waals surface area contributed by atoms with E-state index in [0.717, 1.165) is 24.2 Å². The van der Waals surface area contributed by atoms with E-state index < -0.39 is 6.17 Å². The number of hydrogen-bond donors (Lipinski definition) is 0. The highest BCUT2D eigenvalue weighted by Gasteiger charge is 3.04. The molecule has 11 heavy (non-hydrogen) atoms. The molecular weight excluding hydrogens is 139 g/mol. The van der Waals surface area contributed by atoms with Crippen molar-refractivity contribution < 1.29 is 4.39 Å². The van der Waals surface area contributed by atoms with Gasteiger partial charge in [0, 0.05) is 0 Å². The zero-order chi connectivity index (χ0) is 8.02. The maximum absolute atomic E-state index is 12.8. The molecule has 0 aromatic carbocycles. The molecule has 4 aliphatic carbocycles. The molecule has 4 fully saturated rings. The molecule has 0 aromatic heterocycles. The lowest BCUT2D eigenvalue weighted by atomic mass is 9.53. The molecule has 0 amide bonds. The Morgan fingerprint density at radius 2 is 2.09 bits per heavy atom. The van der Waals surface area contributed by atoms with Gasteiger partial charge in [0.1, 0.15) is 0 Å². The average molecular weight is 154 g/mol.